The first-order valence-electron chi connectivity index (χ1n) is 6.54. The van der Waals surface area contributed by atoms with E-state index in [4.69, 9.17) is 5.26 Å². The summed E-state index contributed by atoms with van der Waals surface area (Å²) in [5.41, 5.74) is 2.29. The predicted octanol–water partition coefficient (Wildman–Crippen LogP) is 2.23. The molecule has 4 heteroatoms. The molecule has 1 heterocycles. The van der Waals surface area contributed by atoms with Gasteiger partial charge in [-0.15, -0.1) is 0 Å². The van der Waals surface area contributed by atoms with Crippen molar-refractivity contribution in [3.63, 3.8) is 0 Å². The second kappa shape index (κ2) is 5.70. The molecule has 1 aliphatic heterocycles. The number of ketones is 2. The normalized spacial score (nSPS) is 14.8. The number of piperidine rings is 1. The van der Waals surface area contributed by atoms with E-state index in [1.54, 1.807) is 25.1 Å². The highest BCUT2D eigenvalue weighted by molar-refractivity contribution is 6.08. The van der Waals surface area contributed by atoms with E-state index in [0.717, 1.165) is 5.56 Å². The standard InChI is InChI=1S/C16H16N2O2/c1-11-9-13(3-4-14(11)10-17)16(20)12(2)18-7-5-15(19)6-8-18/h3-4,9H,2,5-8H2,1H3. The van der Waals surface area contributed by atoms with Crippen LogP contribution in [0.1, 0.15) is 34.3 Å². The van der Waals surface area contributed by atoms with Crippen LogP contribution >= 0.6 is 0 Å². The van der Waals surface area contributed by atoms with E-state index < -0.39 is 0 Å². The summed E-state index contributed by atoms with van der Waals surface area (Å²) in [6, 6.07) is 7.08. The molecular weight excluding hydrogens is 252 g/mol. The topological polar surface area (TPSA) is 61.2 Å². The second-order valence-electron chi connectivity index (χ2n) is 4.94. The van der Waals surface area contributed by atoms with Gasteiger partial charge in [0, 0.05) is 31.5 Å². The van der Waals surface area contributed by atoms with E-state index in [0.29, 0.717) is 42.8 Å². The smallest absolute Gasteiger partial charge is 0.208 e. The van der Waals surface area contributed by atoms with Crippen LogP contribution in [0.5, 0.6) is 0 Å². The maximum Gasteiger partial charge on any atom is 0.208 e. The molecule has 0 N–H and O–H groups in total. The minimum absolute atomic E-state index is 0.146. The molecule has 20 heavy (non-hydrogen) atoms. The number of nitriles is 1. The molecule has 4 nitrogen and oxygen atoms in total. The van der Waals surface area contributed by atoms with Gasteiger partial charge in [0.15, 0.2) is 0 Å². The quantitative estimate of drug-likeness (QED) is 0.623. The molecule has 1 aromatic carbocycles. The van der Waals surface area contributed by atoms with Gasteiger partial charge in [0.2, 0.25) is 5.78 Å². The molecule has 0 amide bonds. The number of nitrogens with zero attached hydrogens (tertiary/aromatic N) is 2. The molecule has 1 aliphatic rings. The highest BCUT2D eigenvalue weighted by Gasteiger charge is 2.22. The highest BCUT2D eigenvalue weighted by Crippen LogP contribution is 2.18. The van der Waals surface area contributed by atoms with Crippen molar-refractivity contribution in [1.29, 1.82) is 5.26 Å². The van der Waals surface area contributed by atoms with Gasteiger partial charge in [-0.25, -0.2) is 0 Å². The Morgan fingerprint density at radius 1 is 1.35 bits per heavy atom. The predicted molar refractivity (Wildman–Crippen MR) is 75.2 cm³/mol. The Kier molecular flexibility index (Phi) is 3.99. The molecule has 0 aliphatic carbocycles. The summed E-state index contributed by atoms with van der Waals surface area (Å²) in [6.07, 6.45) is 0.942. The number of hydrogen-bond donors (Lipinski definition) is 0. The SMILES string of the molecule is C=C(C(=O)c1ccc(C#N)c(C)c1)N1CCC(=O)CC1. The van der Waals surface area contributed by atoms with E-state index in [1.807, 2.05) is 4.90 Å². The first kappa shape index (κ1) is 14.0. The number of hydrogen-bond acceptors (Lipinski definition) is 4. The summed E-state index contributed by atoms with van der Waals surface area (Å²) < 4.78 is 0. The van der Waals surface area contributed by atoms with Crippen molar-refractivity contribution in [3.8, 4) is 6.07 Å². The zero-order valence-electron chi connectivity index (χ0n) is 11.5. The number of carbonyl (C=O) groups excluding carboxylic acids is 2. The van der Waals surface area contributed by atoms with Gasteiger partial charge in [-0.3, -0.25) is 9.59 Å². The van der Waals surface area contributed by atoms with Crippen molar-refractivity contribution in [2.45, 2.75) is 19.8 Å². The van der Waals surface area contributed by atoms with E-state index in [9.17, 15) is 9.59 Å². The number of Topliss-reactive ketones (excluding diaryl/α,β-unsaturated/α-hetero) is 2. The zero-order chi connectivity index (χ0) is 14.7. The van der Waals surface area contributed by atoms with Crippen molar-refractivity contribution >= 4 is 11.6 Å². The van der Waals surface area contributed by atoms with Gasteiger partial charge >= 0.3 is 0 Å². The van der Waals surface area contributed by atoms with Crippen molar-refractivity contribution in [1.82, 2.24) is 4.90 Å². The number of benzene rings is 1. The summed E-state index contributed by atoms with van der Waals surface area (Å²) in [4.78, 5) is 25.4. The van der Waals surface area contributed by atoms with Crippen LogP contribution in [0.25, 0.3) is 0 Å². The number of likely N-dealkylation sites (tertiary alicyclic amines) is 1. The van der Waals surface area contributed by atoms with Crippen LogP contribution in [0.3, 0.4) is 0 Å². The summed E-state index contributed by atoms with van der Waals surface area (Å²) in [6.45, 7) is 6.76. The van der Waals surface area contributed by atoms with Crippen molar-refractivity contribution in [2.24, 2.45) is 0 Å². The Morgan fingerprint density at radius 3 is 2.55 bits per heavy atom. The lowest BCUT2D eigenvalue weighted by molar-refractivity contribution is -0.121. The van der Waals surface area contributed by atoms with Gasteiger partial charge in [0.1, 0.15) is 5.78 Å². The fourth-order valence-corrected chi connectivity index (χ4v) is 2.27. The summed E-state index contributed by atoms with van der Waals surface area (Å²) in [5.74, 6) is 0.0858. The first-order valence-corrected chi connectivity index (χ1v) is 6.54. The van der Waals surface area contributed by atoms with Crippen molar-refractivity contribution in [3.05, 3.63) is 47.2 Å². The van der Waals surface area contributed by atoms with Crippen LogP contribution < -0.4 is 0 Å². The van der Waals surface area contributed by atoms with Crippen molar-refractivity contribution in [2.75, 3.05) is 13.1 Å². The largest absolute Gasteiger partial charge is 0.368 e. The summed E-state index contributed by atoms with van der Waals surface area (Å²) in [5, 5.41) is 8.89. The average molecular weight is 268 g/mol. The number of allylic oxidation sites excluding steroid dienone is 1. The molecule has 1 saturated heterocycles. The van der Waals surface area contributed by atoms with Gasteiger partial charge in [-0.2, -0.15) is 5.26 Å². The molecule has 1 aromatic rings. The van der Waals surface area contributed by atoms with Crippen LogP contribution in [-0.4, -0.2) is 29.6 Å². The number of carbonyl (C=O) groups is 2. The Hall–Kier alpha value is -2.41. The molecule has 0 bridgehead atoms. The van der Waals surface area contributed by atoms with E-state index in [1.165, 1.54) is 0 Å². The lowest BCUT2D eigenvalue weighted by Gasteiger charge is -2.29. The van der Waals surface area contributed by atoms with Gasteiger partial charge in [0.25, 0.3) is 0 Å². The molecular formula is C16H16N2O2. The van der Waals surface area contributed by atoms with Gasteiger partial charge in [-0.1, -0.05) is 6.58 Å². The Morgan fingerprint density at radius 2 is 2.00 bits per heavy atom. The molecule has 0 saturated carbocycles. The molecule has 102 valence electrons. The molecule has 0 atom stereocenters. The molecule has 1 fully saturated rings. The zero-order valence-corrected chi connectivity index (χ0v) is 11.5. The molecule has 0 spiro atoms. The number of aryl methyl sites for hydroxylation is 1. The highest BCUT2D eigenvalue weighted by atomic mass is 16.1. The minimum Gasteiger partial charge on any atom is -0.368 e. The van der Waals surface area contributed by atoms with Crippen LogP contribution in [0.15, 0.2) is 30.5 Å². The molecule has 2 rings (SSSR count). The van der Waals surface area contributed by atoms with Crippen LogP contribution in [0.4, 0.5) is 0 Å². The second-order valence-corrected chi connectivity index (χ2v) is 4.94. The fourth-order valence-electron chi connectivity index (χ4n) is 2.27. The van der Waals surface area contributed by atoms with E-state index >= 15 is 0 Å². The number of rotatable bonds is 3. The van der Waals surface area contributed by atoms with Crippen molar-refractivity contribution < 1.29 is 9.59 Å². The Bertz CT molecular complexity index is 616. The van der Waals surface area contributed by atoms with Gasteiger partial charge in [0.05, 0.1) is 17.3 Å². The molecule has 0 aromatic heterocycles. The third-order valence-corrected chi connectivity index (χ3v) is 3.57. The Labute approximate surface area is 118 Å². The Balaban J connectivity index is 2.15. The monoisotopic (exact) mass is 268 g/mol. The molecule has 0 radical (unpaired) electrons. The third kappa shape index (κ3) is 2.77. The summed E-state index contributed by atoms with van der Waals surface area (Å²) in [7, 11) is 0. The van der Waals surface area contributed by atoms with Gasteiger partial charge < -0.3 is 4.90 Å². The first-order chi connectivity index (χ1) is 9.52. The third-order valence-electron chi connectivity index (χ3n) is 3.57. The van der Waals surface area contributed by atoms with Crippen LogP contribution in [0, 0.1) is 18.3 Å². The van der Waals surface area contributed by atoms with E-state index in [-0.39, 0.29) is 11.6 Å². The van der Waals surface area contributed by atoms with E-state index in [2.05, 4.69) is 12.6 Å². The fraction of sp³-hybridized carbons (Fsp3) is 0.312. The lowest BCUT2D eigenvalue weighted by Crippen LogP contribution is -2.35. The summed E-state index contributed by atoms with van der Waals surface area (Å²) >= 11 is 0. The lowest BCUT2D eigenvalue weighted by atomic mass is 10.0. The maximum absolute atomic E-state index is 12.4. The van der Waals surface area contributed by atoms with Crippen LogP contribution in [-0.2, 0) is 4.79 Å². The minimum atomic E-state index is -0.146. The molecule has 0 unspecified atom stereocenters. The van der Waals surface area contributed by atoms with Crippen LogP contribution in [0.2, 0.25) is 0 Å². The average Bonchev–Trinajstić information content (AvgIpc) is 2.46. The van der Waals surface area contributed by atoms with Gasteiger partial charge in [-0.05, 0) is 30.7 Å². The maximum atomic E-state index is 12.4.